The Morgan fingerprint density at radius 3 is 2.88 bits per heavy atom. The monoisotopic (exact) mass is 393 g/mol. The lowest BCUT2D eigenvalue weighted by Gasteiger charge is -2.33. The van der Waals surface area contributed by atoms with Crippen LogP contribution >= 0.6 is 23.2 Å². The number of nitrogens with zero attached hydrogens (tertiary/aromatic N) is 1. The molecular formula is C20H21Cl2NO3. The summed E-state index contributed by atoms with van der Waals surface area (Å²) in [4.78, 5) is 13.2. The Labute approximate surface area is 163 Å². The molecule has 1 aliphatic heterocycles. The van der Waals surface area contributed by atoms with Crippen LogP contribution < -0.4 is 4.74 Å². The van der Waals surface area contributed by atoms with Crippen LogP contribution in [0.3, 0.4) is 0 Å². The Bertz CT molecular complexity index is 753. The van der Waals surface area contributed by atoms with Gasteiger partial charge in [0, 0.05) is 36.6 Å². The topological polar surface area (TPSA) is 38.8 Å². The highest BCUT2D eigenvalue weighted by molar-refractivity contribution is 6.63. The summed E-state index contributed by atoms with van der Waals surface area (Å²) in [7, 11) is 0. The Morgan fingerprint density at radius 2 is 2.08 bits per heavy atom. The average Bonchev–Trinajstić information content (AvgIpc) is 2.66. The predicted octanol–water partition coefficient (Wildman–Crippen LogP) is 4.45. The minimum absolute atomic E-state index is 0.0435. The van der Waals surface area contributed by atoms with E-state index < -0.39 is 0 Å². The van der Waals surface area contributed by atoms with Gasteiger partial charge in [-0.1, -0.05) is 41.9 Å². The zero-order valence-electron chi connectivity index (χ0n) is 14.4. The standard InChI is InChI=1S/C20H21Cl2NO3/c21-18-7-2-1-4-16(18)14-26-17-6-3-5-15(12-17)19-13-23(10-11-25-19)9-8-20(22)24/h1-7,12,19H,8-11,13-14H2. The Balaban J connectivity index is 1.61. The van der Waals surface area contributed by atoms with Gasteiger partial charge in [-0.25, -0.2) is 0 Å². The van der Waals surface area contributed by atoms with E-state index in [0.29, 0.717) is 31.2 Å². The van der Waals surface area contributed by atoms with E-state index in [1.807, 2.05) is 48.5 Å². The van der Waals surface area contributed by atoms with Gasteiger partial charge in [0.15, 0.2) is 0 Å². The lowest BCUT2D eigenvalue weighted by molar-refractivity contribution is -0.112. The molecule has 0 saturated carbocycles. The van der Waals surface area contributed by atoms with Crippen LogP contribution in [0.1, 0.15) is 23.7 Å². The summed E-state index contributed by atoms with van der Waals surface area (Å²) in [5.41, 5.74) is 2.01. The number of halogens is 2. The number of ether oxygens (including phenoxy) is 2. The number of hydrogen-bond acceptors (Lipinski definition) is 4. The van der Waals surface area contributed by atoms with Gasteiger partial charge in [-0.15, -0.1) is 0 Å². The van der Waals surface area contributed by atoms with Crippen molar-refractivity contribution in [1.82, 2.24) is 4.90 Å². The summed E-state index contributed by atoms with van der Waals surface area (Å²) in [6.45, 7) is 3.25. The van der Waals surface area contributed by atoms with Gasteiger partial charge in [0.2, 0.25) is 5.24 Å². The molecule has 1 heterocycles. The van der Waals surface area contributed by atoms with E-state index in [0.717, 1.165) is 30.0 Å². The zero-order chi connectivity index (χ0) is 18.4. The maximum atomic E-state index is 11.0. The molecule has 1 unspecified atom stereocenters. The quantitative estimate of drug-likeness (QED) is 0.651. The van der Waals surface area contributed by atoms with Crippen molar-refractivity contribution in [3.63, 3.8) is 0 Å². The van der Waals surface area contributed by atoms with Crippen molar-refractivity contribution >= 4 is 28.4 Å². The van der Waals surface area contributed by atoms with E-state index in [9.17, 15) is 4.79 Å². The molecule has 0 amide bonds. The minimum Gasteiger partial charge on any atom is -0.489 e. The third-order valence-electron chi connectivity index (χ3n) is 4.36. The van der Waals surface area contributed by atoms with Crippen molar-refractivity contribution in [2.75, 3.05) is 26.2 Å². The van der Waals surface area contributed by atoms with E-state index in [2.05, 4.69) is 4.90 Å². The number of carbonyl (C=O) groups excluding carboxylic acids is 1. The molecule has 0 aromatic heterocycles. The average molecular weight is 394 g/mol. The normalized spacial score (nSPS) is 17.8. The molecule has 1 aliphatic rings. The molecule has 0 aliphatic carbocycles. The fourth-order valence-corrected chi connectivity index (χ4v) is 3.21. The van der Waals surface area contributed by atoms with Crippen molar-refractivity contribution in [1.29, 1.82) is 0 Å². The Hall–Kier alpha value is -1.59. The van der Waals surface area contributed by atoms with E-state index in [1.54, 1.807) is 0 Å². The molecule has 0 spiro atoms. The molecular weight excluding hydrogens is 373 g/mol. The third kappa shape index (κ3) is 5.45. The molecule has 1 fully saturated rings. The van der Waals surface area contributed by atoms with Gasteiger partial charge < -0.3 is 9.47 Å². The lowest BCUT2D eigenvalue weighted by atomic mass is 10.1. The lowest BCUT2D eigenvalue weighted by Crippen LogP contribution is -2.39. The van der Waals surface area contributed by atoms with Crippen molar-refractivity contribution in [3.8, 4) is 5.75 Å². The number of morpholine rings is 1. The first-order chi connectivity index (χ1) is 12.6. The Morgan fingerprint density at radius 1 is 1.23 bits per heavy atom. The van der Waals surface area contributed by atoms with Crippen LogP contribution in [-0.4, -0.2) is 36.4 Å². The SMILES string of the molecule is O=C(Cl)CCN1CCOC(c2cccc(OCc3ccccc3Cl)c2)C1. The van der Waals surface area contributed by atoms with Crippen molar-refractivity contribution in [3.05, 3.63) is 64.7 Å². The molecule has 4 nitrogen and oxygen atoms in total. The highest BCUT2D eigenvalue weighted by Gasteiger charge is 2.22. The molecule has 2 aromatic rings. The molecule has 1 atom stereocenters. The highest BCUT2D eigenvalue weighted by atomic mass is 35.5. The van der Waals surface area contributed by atoms with Gasteiger partial charge in [-0.2, -0.15) is 0 Å². The first-order valence-electron chi connectivity index (χ1n) is 8.60. The summed E-state index contributed by atoms with van der Waals surface area (Å²) in [6.07, 6.45) is 0.313. The van der Waals surface area contributed by atoms with Crippen LogP contribution in [0.2, 0.25) is 5.02 Å². The molecule has 0 radical (unpaired) electrons. The number of hydrogen-bond donors (Lipinski definition) is 0. The molecule has 0 N–H and O–H groups in total. The van der Waals surface area contributed by atoms with E-state index >= 15 is 0 Å². The van der Waals surface area contributed by atoms with Crippen LogP contribution in [0, 0.1) is 0 Å². The first-order valence-corrected chi connectivity index (χ1v) is 9.36. The van der Waals surface area contributed by atoms with Crippen LogP contribution in [0.4, 0.5) is 0 Å². The minimum atomic E-state index is -0.303. The van der Waals surface area contributed by atoms with Crippen LogP contribution in [0.5, 0.6) is 5.75 Å². The molecule has 6 heteroatoms. The number of benzene rings is 2. The van der Waals surface area contributed by atoms with Gasteiger partial charge in [0.1, 0.15) is 12.4 Å². The summed E-state index contributed by atoms with van der Waals surface area (Å²) < 4.78 is 11.8. The summed E-state index contributed by atoms with van der Waals surface area (Å²) in [5, 5.41) is 0.395. The fourth-order valence-electron chi connectivity index (χ4n) is 2.93. The van der Waals surface area contributed by atoms with Gasteiger partial charge in [0.05, 0.1) is 12.7 Å². The smallest absolute Gasteiger partial charge is 0.222 e. The summed E-state index contributed by atoms with van der Waals surface area (Å²) >= 11 is 11.6. The largest absolute Gasteiger partial charge is 0.489 e. The summed E-state index contributed by atoms with van der Waals surface area (Å²) in [5.74, 6) is 0.777. The molecule has 0 bridgehead atoms. The van der Waals surface area contributed by atoms with E-state index in [1.165, 1.54) is 0 Å². The number of carbonyl (C=O) groups is 1. The second-order valence-electron chi connectivity index (χ2n) is 6.22. The molecule has 138 valence electrons. The van der Waals surface area contributed by atoms with Crippen LogP contribution in [-0.2, 0) is 16.1 Å². The van der Waals surface area contributed by atoms with E-state index in [-0.39, 0.29) is 11.3 Å². The van der Waals surface area contributed by atoms with E-state index in [4.69, 9.17) is 32.7 Å². The first kappa shape index (κ1) is 19.2. The maximum absolute atomic E-state index is 11.0. The molecule has 3 rings (SSSR count). The maximum Gasteiger partial charge on any atom is 0.222 e. The van der Waals surface area contributed by atoms with Crippen LogP contribution in [0.15, 0.2) is 48.5 Å². The second-order valence-corrected chi connectivity index (χ2v) is 7.05. The number of rotatable bonds is 7. The summed E-state index contributed by atoms with van der Waals surface area (Å²) in [6, 6.07) is 15.6. The van der Waals surface area contributed by atoms with Gasteiger partial charge in [0.25, 0.3) is 0 Å². The molecule has 26 heavy (non-hydrogen) atoms. The third-order valence-corrected chi connectivity index (χ3v) is 4.91. The second kappa shape index (κ2) is 9.38. The van der Waals surface area contributed by atoms with Gasteiger partial charge >= 0.3 is 0 Å². The molecule has 1 saturated heterocycles. The predicted molar refractivity (Wildman–Crippen MR) is 103 cm³/mol. The van der Waals surface area contributed by atoms with Crippen molar-refractivity contribution in [2.45, 2.75) is 19.1 Å². The van der Waals surface area contributed by atoms with Crippen LogP contribution in [0.25, 0.3) is 0 Å². The van der Waals surface area contributed by atoms with Gasteiger partial charge in [-0.05, 0) is 35.4 Å². The van der Waals surface area contributed by atoms with Crippen molar-refractivity contribution < 1.29 is 14.3 Å². The van der Waals surface area contributed by atoms with Crippen molar-refractivity contribution in [2.24, 2.45) is 0 Å². The Kier molecular flexibility index (Phi) is 6.92. The molecule has 2 aromatic carbocycles. The zero-order valence-corrected chi connectivity index (χ0v) is 15.9. The fraction of sp³-hybridized carbons (Fsp3) is 0.350. The van der Waals surface area contributed by atoms with Gasteiger partial charge in [-0.3, -0.25) is 9.69 Å². The highest BCUT2D eigenvalue weighted by Crippen LogP contribution is 2.26.